The molecule has 0 amide bonds. The van der Waals surface area contributed by atoms with Crippen LogP contribution in [0, 0.1) is 6.92 Å². The van der Waals surface area contributed by atoms with Gasteiger partial charge in [0.15, 0.2) is 0 Å². The largest absolute Gasteiger partial charge is 0.342 e. The van der Waals surface area contributed by atoms with Crippen molar-refractivity contribution >= 4 is 11.0 Å². The molecule has 1 aliphatic rings. The third kappa shape index (κ3) is 1.99. The van der Waals surface area contributed by atoms with Gasteiger partial charge in [0.05, 0.1) is 11.0 Å². The summed E-state index contributed by atoms with van der Waals surface area (Å²) < 4.78 is 0. The van der Waals surface area contributed by atoms with Gasteiger partial charge in [0.2, 0.25) is 0 Å². The van der Waals surface area contributed by atoms with Crippen molar-refractivity contribution in [1.29, 1.82) is 0 Å². The van der Waals surface area contributed by atoms with E-state index in [2.05, 4.69) is 43.1 Å². The molecule has 1 heterocycles. The number of nitrogens with zero attached hydrogens (tertiary/aromatic N) is 1. The number of nitrogens with one attached hydrogen (secondary N) is 1. The second kappa shape index (κ2) is 4.02. The Bertz CT molecular complexity index is 578. The van der Waals surface area contributed by atoms with E-state index in [-0.39, 0.29) is 0 Å². The molecule has 3 rings (SSSR count). The Morgan fingerprint density at radius 1 is 1.29 bits per heavy atom. The maximum Gasteiger partial charge on any atom is 0.110 e. The average Bonchev–Trinajstić information content (AvgIpc) is 2.72. The molecule has 2 nitrogen and oxygen atoms in total. The van der Waals surface area contributed by atoms with Gasteiger partial charge in [0, 0.05) is 5.92 Å². The van der Waals surface area contributed by atoms with Crippen LogP contribution in [0.2, 0.25) is 0 Å². The molecule has 0 unspecified atom stereocenters. The summed E-state index contributed by atoms with van der Waals surface area (Å²) in [4.78, 5) is 8.20. The van der Waals surface area contributed by atoms with Crippen LogP contribution in [0.1, 0.15) is 43.5 Å². The number of allylic oxidation sites excluding steroid dienone is 2. The molecule has 0 radical (unpaired) electrons. The number of imidazole rings is 1. The van der Waals surface area contributed by atoms with Gasteiger partial charge >= 0.3 is 0 Å². The molecule has 0 saturated carbocycles. The van der Waals surface area contributed by atoms with Crippen LogP contribution in [0.25, 0.3) is 11.0 Å². The lowest BCUT2D eigenvalue weighted by atomic mass is 9.90. The van der Waals surface area contributed by atoms with Crippen molar-refractivity contribution in [2.24, 2.45) is 0 Å². The molecule has 0 saturated heterocycles. The standard InChI is InChI=1S/C15H18N2/c1-10-3-6-12(7-4-10)15-16-13-8-5-11(2)9-14(13)17-15/h3,5,8-9,12H,4,6-7H2,1-2H3,(H,16,17)/t12-/m1/s1. The zero-order valence-corrected chi connectivity index (χ0v) is 10.5. The number of aryl methyl sites for hydroxylation is 1. The molecule has 1 atom stereocenters. The maximum absolute atomic E-state index is 4.72. The Hall–Kier alpha value is -1.57. The molecule has 1 aromatic carbocycles. The first-order chi connectivity index (χ1) is 8.22. The van der Waals surface area contributed by atoms with E-state index in [1.807, 2.05) is 0 Å². The van der Waals surface area contributed by atoms with E-state index in [1.165, 1.54) is 29.5 Å². The minimum atomic E-state index is 0.575. The first-order valence-electron chi connectivity index (χ1n) is 6.34. The van der Waals surface area contributed by atoms with Gasteiger partial charge < -0.3 is 4.98 Å². The number of hydrogen-bond acceptors (Lipinski definition) is 1. The predicted molar refractivity (Wildman–Crippen MR) is 71.2 cm³/mol. The second-order valence-electron chi connectivity index (χ2n) is 5.16. The highest BCUT2D eigenvalue weighted by molar-refractivity contribution is 5.75. The van der Waals surface area contributed by atoms with Gasteiger partial charge in [-0.05, 0) is 50.8 Å². The van der Waals surface area contributed by atoms with Gasteiger partial charge in [-0.15, -0.1) is 0 Å². The van der Waals surface area contributed by atoms with Crippen LogP contribution < -0.4 is 0 Å². The Morgan fingerprint density at radius 3 is 2.94 bits per heavy atom. The second-order valence-corrected chi connectivity index (χ2v) is 5.16. The van der Waals surface area contributed by atoms with Crippen molar-refractivity contribution in [3.05, 3.63) is 41.2 Å². The lowest BCUT2D eigenvalue weighted by molar-refractivity contribution is 0.575. The van der Waals surface area contributed by atoms with Crippen LogP contribution in [-0.2, 0) is 0 Å². The molecule has 2 aromatic rings. The first kappa shape index (κ1) is 10.6. The van der Waals surface area contributed by atoms with E-state index in [9.17, 15) is 0 Å². The van der Waals surface area contributed by atoms with Crippen molar-refractivity contribution in [2.45, 2.75) is 39.0 Å². The minimum absolute atomic E-state index is 0.575. The highest BCUT2D eigenvalue weighted by Gasteiger charge is 2.17. The van der Waals surface area contributed by atoms with E-state index in [0.717, 1.165) is 17.8 Å². The van der Waals surface area contributed by atoms with Crippen molar-refractivity contribution in [1.82, 2.24) is 9.97 Å². The minimum Gasteiger partial charge on any atom is -0.342 e. The van der Waals surface area contributed by atoms with Crippen LogP contribution in [-0.4, -0.2) is 9.97 Å². The Balaban J connectivity index is 1.96. The molecular formula is C15H18N2. The number of aromatic nitrogens is 2. The Kier molecular flexibility index (Phi) is 2.50. The van der Waals surface area contributed by atoms with E-state index < -0.39 is 0 Å². The Morgan fingerprint density at radius 2 is 2.18 bits per heavy atom. The van der Waals surface area contributed by atoms with Gasteiger partial charge in [-0.1, -0.05) is 17.7 Å². The molecule has 0 bridgehead atoms. The molecular weight excluding hydrogens is 208 g/mol. The fourth-order valence-electron chi connectivity index (χ4n) is 2.55. The van der Waals surface area contributed by atoms with Gasteiger partial charge in [-0.2, -0.15) is 0 Å². The van der Waals surface area contributed by atoms with Gasteiger partial charge in [0.25, 0.3) is 0 Å². The Labute approximate surface area is 102 Å². The van der Waals surface area contributed by atoms with E-state index in [1.54, 1.807) is 0 Å². The van der Waals surface area contributed by atoms with Crippen molar-refractivity contribution in [2.75, 3.05) is 0 Å². The molecule has 88 valence electrons. The smallest absolute Gasteiger partial charge is 0.110 e. The van der Waals surface area contributed by atoms with Gasteiger partial charge in [-0.3, -0.25) is 0 Å². The number of fused-ring (bicyclic) bond motifs is 1. The summed E-state index contributed by atoms with van der Waals surface area (Å²) >= 11 is 0. The lowest BCUT2D eigenvalue weighted by Crippen LogP contribution is -2.04. The molecule has 1 aliphatic carbocycles. The number of hydrogen-bond donors (Lipinski definition) is 1. The number of aromatic amines is 1. The number of H-pyrrole nitrogens is 1. The average molecular weight is 226 g/mol. The highest BCUT2D eigenvalue weighted by atomic mass is 14.9. The zero-order chi connectivity index (χ0) is 11.8. The SMILES string of the molecule is CC1=CC[C@@H](c2nc3ccc(C)cc3[nH]2)CC1. The molecule has 2 heteroatoms. The van der Waals surface area contributed by atoms with Crippen molar-refractivity contribution in [3.8, 4) is 0 Å². The fraction of sp³-hybridized carbons (Fsp3) is 0.400. The number of benzene rings is 1. The third-order valence-electron chi connectivity index (χ3n) is 3.68. The topological polar surface area (TPSA) is 28.7 Å². The van der Waals surface area contributed by atoms with Crippen LogP contribution >= 0.6 is 0 Å². The summed E-state index contributed by atoms with van der Waals surface area (Å²) in [6.45, 7) is 4.34. The van der Waals surface area contributed by atoms with E-state index in [4.69, 9.17) is 4.98 Å². The maximum atomic E-state index is 4.72. The lowest BCUT2D eigenvalue weighted by Gasteiger charge is -2.17. The van der Waals surface area contributed by atoms with Crippen molar-refractivity contribution in [3.63, 3.8) is 0 Å². The molecule has 0 fully saturated rings. The van der Waals surface area contributed by atoms with Crippen LogP contribution in [0.15, 0.2) is 29.8 Å². The zero-order valence-electron chi connectivity index (χ0n) is 10.5. The predicted octanol–water partition coefficient (Wildman–Crippen LogP) is 4.09. The monoisotopic (exact) mass is 226 g/mol. The highest BCUT2D eigenvalue weighted by Crippen LogP contribution is 2.31. The van der Waals surface area contributed by atoms with Gasteiger partial charge in [0.1, 0.15) is 5.82 Å². The summed E-state index contributed by atoms with van der Waals surface area (Å²) in [5.41, 5.74) is 5.07. The molecule has 1 aromatic heterocycles. The van der Waals surface area contributed by atoms with Crippen LogP contribution in [0.3, 0.4) is 0 Å². The molecule has 0 aliphatic heterocycles. The first-order valence-corrected chi connectivity index (χ1v) is 6.34. The quantitative estimate of drug-likeness (QED) is 0.729. The summed E-state index contributed by atoms with van der Waals surface area (Å²) in [5, 5.41) is 0. The van der Waals surface area contributed by atoms with E-state index in [0.29, 0.717) is 5.92 Å². The number of rotatable bonds is 1. The third-order valence-corrected chi connectivity index (χ3v) is 3.68. The van der Waals surface area contributed by atoms with E-state index >= 15 is 0 Å². The summed E-state index contributed by atoms with van der Waals surface area (Å²) in [6, 6.07) is 6.40. The molecule has 0 spiro atoms. The fourth-order valence-corrected chi connectivity index (χ4v) is 2.55. The summed E-state index contributed by atoms with van der Waals surface area (Å²) in [6.07, 6.45) is 5.92. The normalized spacial score (nSPS) is 20.6. The van der Waals surface area contributed by atoms with Crippen LogP contribution in [0.5, 0.6) is 0 Å². The van der Waals surface area contributed by atoms with Crippen LogP contribution in [0.4, 0.5) is 0 Å². The summed E-state index contributed by atoms with van der Waals surface area (Å²) in [5.74, 6) is 1.74. The summed E-state index contributed by atoms with van der Waals surface area (Å²) in [7, 11) is 0. The van der Waals surface area contributed by atoms with Gasteiger partial charge in [-0.25, -0.2) is 4.98 Å². The molecule has 1 N–H and O–H groups in total. The van der Waals surface area contributed by atoms with Crippen molar-refractivity contribution < 1.29 is 0 Å². The molecule has 17 heavy (non-hydrogen) atoms.